The summed E-state index contributed by atoms with van der Waals surface area (Å²) >= 11 is 0. The van der Waals surface area contributed by atoms with Crippen LogP contribution in [0.5, 0.6) is 5.75 Å². The van der Waals surface area contributed by atoms with E-state index in [1.54, 1.807) is 29.2 Å². The van der Waals surface area contributed by atoms with E-state index < -0.39 is 5.97 Å². The Bertz CT molecular complexity index is 473. The number of aliphatic carboxylic acids is 1. The van der Waals surface area contributed by atoms with Gasteiger partial charge < -0.3 is 20.1 Å². The van der Waals surface area contributed by atoms with Crippen LogP contribution >= 0.6 is 0 Å². The van der Waals surface area contributed by atoms with Crippen molar-refractivity contribution in [3.63, 3.8) is 0 Å². The van der Waals surface area contributed by atoms with Gasteiger partial charge in [-0.3, -0.25) is 0 Å². The second-order valence-corrected chi connectivity index (χ2v) is 4.68. The lowest BCUT2D eigenvalue weighted by Gasteiger charge is -2.27. The first kappa shape index (κ1) is 16.8. The molecular weight excluding hydrogens is 272 g/mol. The van der Waals surface area contributed by atoms with E-state index in [9.17, 15) is 9.59 Å². The fourth-order valence-electron chi connectivity index (χ4n) is 1.85. The lowest BCUT2D eigenvalue weighted by molar-refractivity contribution is -0.139. The average molecular weight is 294 g/mol. The molecule has 1 atom stereocenters. The summed E-state index contributed by atoms with van der Waals surface area (Å²) in [6, 6.07) is 6.63. The van der Waals surface area contributed by atoms with Crippen molar-refractivity contribution in [2.45, 2.75) is 33.2 Å². The highest BCUT2D eigenvalue weighted by Crippen LogP contribution is 2.16. The van der Waals surface area contributed by atoms with E-state index in [2.05, 4.69) is 5.32 Å². The third-order valence-corrected chi connectivity index (χ3v) is 3.19. The highest BCUT2D eigenvalue weighted by molar-refractivity contribution is 5.89. The summed E-state index contributed by atoms with van der Waals surface area (Å²) in [5.74, 6) is -0.579. The standard InChI is InChI=1S/C15H22N2O4/c1-4-11(3)17(5-2)15(20)16-12-6-8-13(9-7-12)21-10-14(18)19/h6-9,11H,4-5,10H2,1-3H3,(H,16,20)(H,18,19). The Kier molecular flexibility index (Phi) is 6.52. The molecule has 0 fully saturated rings. The van der Waals surface area contributed by atoms with Crippen molar-refractivity contribution in [1.82, 2.24) is 4.90 Å². The maximum absolute atomic E-state index is 12.1. The predicted molar refractivity (Wildman–Crippen MR) is 80.7 cm³/mol. The van der Waals surface area contributed by atoms with Crippen LogP contribution in [-0.2, 0) is 4.79 Å². The van der Waals surface area contributed by atoms with Crippen LogP contribution in [0.4, 0.5) is 10.5 Å². The molecule has 21 heavy (non-hydrogen) atoms. The quantitative estimate of drug-likeness (QED) is 0.810. The molecule has 0 aliphatic heterocycles. The van der Waals surface area contributed by atoms with E-state index in [0.717, 1.165) is 6.42 Å². The first-order valence-corrected chi connectivity index (χ1v) is 7.00. The van der Waals surface area contributed by atoms with Crippen LogP contribution in [0.2, 0.25) is 0 Å². The number of nitrogens with zero attached hydrogens (tertiary/aromatic N) is 1. The van der Waals surface area contributed by atoms with Gasteiger partial charge in [-0.05, 0) is 44.5 Å². The Balaban J connectivity index is 2.62. The first-order valence-electron chi connectivity index (χ1n) is 7.00. The third-order valence-electron chi connectivity index (χ3n) is 3.19. The zero-order valence-electron chi connectivity index (χ0n) is 12.6. The molecule has 116 valence electrons. The fraction of sp³-hybridized carbons (Fsp3) is 0.467. The summed E-state index contributed by atoms with van der Waals surface area (Å²) in [5, 5.41) is 11.3. The topological polar surface area (TPSA) is 78.9 Å². The van der Waals surface area contributed by atoms with Gasteiger partial charge in [0.1, 0.15) is 5.75 Å². The van der Waals surface area contributed by atoms with E-state index in [0.29, 0.717) is 18.0 Å². The van der Waals surface area contributed by atoms with Gasteiger partial charge in [0, 0.05) is 18.3 Å². The SMILES string of the molecule is CCC(C)N(CC)C(=O)Nc1ccc(OCC(=O)O)cc1. The predicted octanol–water partition coefficient (Wildman–Crippen LogP) is 2.80. The number of hydrogen-bond donors (Lipinski definition) is 2. The molecule has 1 rings (SSSR count). The number of hydrogen-bond acceptors (Lipinski definition) is 3. The summed E-state index contributed by atoms with van der Waals surface area (Å²) < 4.78 is 5.03. The molecule has 1 aromatic rings. The lowest BCUT2D eigenvalue weighted by atomic mass is 10.2. The van der Waals surface area contributed by atoms with E-state index in [1.807, 2.05) is 20.8 Å². The number of carboxylic acids is 1. The van der Waals surface area contributed by atoms with Crippen LogP contribution in [0.15, 0.2) is 24.3 Å². The molecule has 0 aliphatic carbocycles. The molecule has 0 bridgehead atoms. The van der Waals surface area contributed by atoms with Gasteiger partial charge in [-0.1, -0.05) is 6.92 Å². The maximum Gasteiger partial charge on any atom is 0.341 e. The molecule has 0 radical (unpaired) electrons. The average Bonchev–Trinajstić information content (AvgIpc) is 2.47. The molecular formula is C15H22N2O4. The summed E-state index contributed by atoms with van der Waals surface area (Å²) in [4.78, 5) is 24.3. The number of anilines is 1. The molecule has 0 saturated carbocycles. The smallest absolute Gasteiger partial charge is 0.341 e. The minimum Gasteiger partial charge on any atom is -0.482 e. The summed E-state index contributed by atoms with van der Waals surface area (Å²) in [7, 11) is 0. The van der Waals surface area contributed by atoms with E-state index in [-0.39, 0.29) is 18.7 Å². The van der Waals surface area contributed by atoms with E-state index in [4.69, 9.17) is 9.84 Å². The minimum atomic E-state index is -1.03. The monoisotopic (exact) mass is 294 g/mol. The number of carbonyl (C=O) groups is 2. The van der Waals surface area contributed by atoms with Crippen LogP contribution < -0.4 is 10.1 Å². The summed E-state index contributed by atoms with van der Waals surface area (Å²) in [5.41, 5.74) is 0.643. The van der Waals surface area contributed by atoms with Gasteiger partial charge in [-0.15, -0.1) is 0 Å². The zero-order valence-corrected chi connectivity index (χ0v) is 12.6. The maximum atomic E-state index is 12.1. The van der Waals surface area contributed by atoms with Gasteiger partial charge in [0.25, 0.3) is 0 Å². The van der Waals surface area contributed by atoms with Crippen LogP contribution in [0.1, 0.15) is 27.2 Å². The second kappa shape index (κ2) is 8.14. The number of amides is 2. The van der Waals surface area contributed by atoms with Crippen molar-refractivity contribution in [2.75, 3.05) is 18.5 Å². The molecule has 6 nitrogen and oxygen atoms in total. The second-order valence-electron chi connectivity index (χ2n) is 4.68. The fourth-order valence-corrected chi connectivity index (χ4v) is 1.85. The van der Waals surface area contributed by atoms with Crippen molar-refractivity contribution in [3.05, 3.63) is 24.3 Å². The first-order chi connectivity index (χ1) is 9.97. The van der Waals surface area contributed by atoms with Crippen LogP contribution in [-0.4, -0.2) is 41.2 Å². The normalized spacial score (nSPS) is 11.6. The Morgan fingerprint density at radius 3 is 2.38 bits per heavy atom. The lowest BCUT2D eigenvalue weighted by Crippen LogP contribution is -2.40. The molecule has 2 N–H and O–H groups in total. The molecule has 0 spiro atoms. The summed E-state index contributed by atoms with van der Waals surface area (Å²) in [6.07, 6.45) is 0.892. The van der Waals surface area contributed by atoms with Gasteiger partial charge in [0.2, 0.25) is 0 Å². The minimum absolute atomic E-state index is 0.147. The Hall–Kier alpha value is -2.24. The van der Waals surface area contributed by atoms with Crippen molar-refractivity contribution in [3.8, 4) is 5.75 Å². The summed E-state index contributed by atoms with van der Waals surface area (Å²) in [6.45, 7) is 6.24. The van der Waals surface area contributed by atoms with Crippen molar-refractivity contribution >= 4 is 17.7 Å². The number of benzene rings is 1. The van der Waals surface area contributed by atoms with Gasteiger partial charge >= 0.3 is 12.0 Å². The molecule has 1 aromatic carbocycles. The highest BCUT2D eigenvalue weighted by atomic mass is 16.5. The van der Waals surface area contributed by atoms with Crippen LogP contribution in [0.25, 0.3) is 0 Å². The number of nitrogens with one attached hydrogen (secondary N) is 1. The third kappa shape index (κ3) is 5.33. The molecule has 0 saturated heterocycles. The number of ether oxygens (including phenoxy) is 1. The molecule has 0 heterocycles. The Labute approximate surface area is 124 Å². The molecule has 1 unspecified atom stereocenters. The zero-order chi connectivity index (χ0) is 15.8. The van der Waals surface area contributed by atoms with Gasteiger partial charge in [0.05, 0.1) is 0 Å². The van der Waals surface area contributed by atoms with Crippen LogP contribution in [0, 0.1) is 0 Å². The van der Waals surface area contributed by atoms with Gasteiger partial charge in [-0.25, -0.2) is 9.59 Å². The van der Waals surface area contributed by atoms with E-state index >= 15 is 0 Å². The Morgan fingerprint density at radius 2 is 1.90 bits per heavy atom. The Morgan fingerprint density at radius 1 is 1.29 bits per heavy atom. The molecule has 0 aromatic heterocycles. The van der Waals surface area contributed by atoms with Gasteiger partial charge in [-0.2, -0.15) is 0 Å². The number of carbonyl (C=O) groups excluding carboxylic acids is 1. The number of rotatable bonds is 7. The molecule has 2 amide bonds. The highest BCUT2D eigenvalue weighted by Gasteiger charge is 2.16. The van der Waals surface area contributed by atoms with Crippen LogP contribution in [0.3, 0.4) is 0 Å². The molecule has 0 aliphatic rings. The number of carboxylic acid groups (broad SMARTS) is 1. The van der Waals surface area contributed by atoms with E-state index in [1.165, 1.54) is 0 Å². The number of urea groups is 1. The van der Waals surface area contributed by atoms with Crippen molar-refractivity contribution in [1.29, 1.82) is 0 Å². The molecule has 6 heteroatoms. The van der Waals surface area contributed by atoms with Crippen molar-refractivity contribution < 1.29 is 19.4 Å². The van der Waals surface area contributed by atoms with Crippen molar-refractivity contribution in [2.24, 2.45) is 0 Å². The largest absolute Gasteiger partial charge is 0.482 e. The van der Waals surface area contributed by atoms with Gasteiger partial charge in [0.15, 0.2) is 6.61 Å².